The maximum Gasteiger partial charge on any atom is 0.276 e. The first-order valence-electron chi connectivity index (χ1n) is 6.85. The van der Waals surface area contributed by atoms with E-state index in [9.17, 15) is 4.79 Å². The van der Waals surface area contributed by atoms with Crippen molar-refractivity contribution in [1.29, 1.82) is 0 Å². The zero-order valence-electron chi connectivity index (χ0n) is 11.6. The molecule has 0 saturated heterocycles. The van der Waals surface area contributed by atoms with Gasteiger partial charge in [-0.2, -0.15) is 0 Å². The van der Waals surface area contributed by atoms with Crippen LogP contribution in [-0.2, 0) is 6.54 Å². The summed E-state index contributed by atoms with van der Waals surface area (Å²) >= 11 is 0. The maximum atomic E-state index is 12.4. The largest absolute Gasteiger partial charge is 0.393 e. The van der Waals surface area contributed by atoms with Gasteiger partial charge in [0.05, 0.1) is 11.2 Å². The Morgan fingerprint density at radius 1 is 1.26 bits per heavy atom. The molecule has 2 aromatic rings. The Balaban J connectivity index is 2.72. The van der Waals surface area contributed by atoms with Crippen LogP contribution in [0.1, 0.15) is 26.7 Å². The Kier molecular flexibility index (Phi) is 4.10. The highest BCUT2D eigenvalue weighted by Gasteiger charge is 2.13. The number of nitrogens with two attached hydrogens (primary N) is 1. The number of aryl methyl sites for hydroxylation is 1. The maximum absolute atomic E-state index is 12.4. The first-order valence-corrected chi connectivity index (χ1v) is 6.85. The summed E-state index contributed by atoms with van der Waals surface area (Å²) in [7, 11) is 0. The van der Waals surface area contributed by atoms with Gasteiger partial charge in [0.1, 0.15) is 5.69 Å². The number of anilines is 2. The molecule has 0 aliphatic carbocycles. The zero-order valence-corrected chi connectivity index (χ0v) is 11.6. The molecule has 1 heterocycles. The minimum atomic E-state index is -0.0944. The minimum absolute atomic E-state index is 0.0944. The molecule has 1 aromatic carbocycles. The number of para-hydroxylation sites is 1. The number of nitrogens with zero attached hydrogens (tertiary/aromatic N) is 1. The zero-order chi connectivity index (χ0) is 13.8. The van der Waals surface area contributed by atoms with Gasteiger partial charge >= 0.3 is 0 Å². The molecule has 0 fully saturated rings. The van der Waals surface area contributed by atoms with Crippen LogP contribution in [0, 0.1) is 0 Å². The molecule has 0 unspecified atom stereocenters. The highest BCUT2D eigenvalue weighted by atomic mass is 16.1. The minimum Gasteiger partial charge on any atom is -0.393 e. The van der Waals surface area contributed by atoms with Crippen LogP contribution in [0.2, 0.25) is 0 Å². The number of fused-ring (bicyclic) bond motifs is 1. The number of benzene rings is 1. The number of aromatic nitrogens is 1. The fourth-order valence-electron chi connectivity index (χ4n) is 2.33. The van der Waals surface area contributed by atoms with Gasteiger partial charge in [0.2, 0.25) is 0 Å². The predicted molar refractivity (Wildman–Crippen MR) is 81.7 cm³/mol. The standard InChI is InChI=1S/C15H21N3O/c1-3-5-10-18-12-9-7-6-8-11(12)14(17-4-2)13(16)15(18)19/h6-9,17H,3-5,10,16H2,1-2H3. The van der Waals surface area contributed by atoms with E-state index in [2.05, 4.69) is 12.2 Å². The van der Waals surface area contributed by atoms with Crippen molar-refractivity contribution in [3.8, 4) is 0 Å². The molecule has 0 spiro atoms. The first-order chi connectivity index (χ1) is 9.20. The third-order valence-electron chi connectivity index (χ3n) is 3.30. The summed E-state index contributed by atoms with van der Waals surface area (Å²) in [6, 6.07) is 7.91. The molecule has 0 aliphatic rings. The normalized spacial score (nSPS) is 10.8. The predicted octanol–water partition coefficient (Wildman–Crippen LogP) is 2.82. The van der Waals surface area contributed by atoms with Crippen LogP contribution in [0.3, 0.4) is 0 Å². The molecule has 0 bridgehead atoms. The number of nitrogen functional groups attached to an aromatic ring is 1. The van der Waals surface area contributed by atoms with Crippen molar-refractivity contribution in [2.75, 3.05) is 17.6 Å². The Morgan fingerprint density at radius 3 is 2.68 bits per heavy atom. The van der Waals surface area contributed by atoms with Crippen molar-refractivity contribution in [2.45, 2.75) is 33.2 Å². The van der Waals surface area contributed by atoms with Crippen molar-refractivity contribution < 1.29 is 0 Å². The van der Waals surface area contributed by atoms with Crippen LogP contribution in [0.15, 0.2) is 29.1 Å². The molecule has 0 aliphatic heterocycles. The Labute approximate surface area is 113 Å². The lowest BCUT2D eigenvalue weighted by molar-refractivity contribution is 0.633. The lowest BCUT2D eigenvalue weighted by Crippen LogP contribution is -2.25. The molecule has 4 nitrogen and oxygen atoms in total. The molecule has 0 radical (unpaired) electrons. The second-order valence-corrected chi connectivity index (χ2v) is 4.65. The van der Waals surface area contributed by atoms with Crippen LogP contribution in [0.5, 0.6) is 0 Å². The van der Waals surface area contributed by atoms with E-state index in [0.717, 1.165) is 36.0 Å². The summed E-state index contributed by atoms with van der Waals surface area (Å²) in [5.41, 5.74) is 7.94. The molecule has 2 rings (SSSR count). The number of hydrogen-bond acceptors (Lipinski definition) is 3. The fourth-order valence-corrected chi connectivity index (χ4v) is 2.33. The fraction of sp³-hybridized carbons (Fsp3) is 0.400. The Morgan fingerprint density at radius 2 is 2.00 bits per heavy atom. The van der Waals surface area contributed by atoms with E-state index >= 15 is 0 Å². The number of nitrogens with one attached hydrogen (secondary N) is 1. The van der Waals surface area contributed by atoms with Crippen molar-refractivity contribution in [2.24, 2.45) is 0 Å². The van der Waals surface area contributed by atoms with Crippen LogP contribution < -0.4 is 16.6 Å². The summed E-state index contributed by atoms with van der Waals surface area (Å²) in [5.74, 6) is 0. The molecule has 102 valence electrons. The van der Waals surface area contributed by atoms with E-state index in [0.29, 0.717) is 12.2 Å². The van der Waals surface area contributed by atoms with Crippen LogP contribution >= 0.6 is 0 Å². The molecule has 0 atom stereocenters. The monoisotopic (exact) mass is 259 g/mol. The lowest BCUT2D eigenvalue weighted by Gasteiger charge is -2.16. The Hall–Kier alpha value is -1.97. The highest BCUT2D eigenvalue weighted by molar-refractivity contribution is 5.97. The number of unbranched alkanes of at least 4 members (excludes halogenated alkanes) is 1. The molecule has 4 heteroatoms. The van der Waals surface area contributed by atoms with Crippen LogP contribution in [-0.4, -0.2) is 11.1 Å². The van der Waals surface area contributed by atoms with Crippen LogP contribution in [0.4, 0.5) is 11.4 Å². The van der Waals surface area contributed by atoms with E-state index in [-0.39, 0.29) is 5.56 Å². The first kappa shape index (κ1) is 13.5. The van der Waals surface area contributed by atoms with Gasteiger partial charge < -0.3 is 15.6 Å². The van der Waals surface area contributed by atoms with Crippen molar-refractivity contribution >= 4 is 22.3 Å². The van der Waals surface area contributed by atoms with Gasteiger partial charge in [-0.25, -0.2) is 0 Å². The lowest BCUT2D eigenvalue weighted by atomic mass is 10.1. The SMILES string of the molecule is CCCCn1c(=O)c(N)c(NCC)c2ccccc21. The summed E-state index contributed by atoms with van der Waals surface area (Å²) in [5, 5.41) is 4.22. The molecular formula is C15H21N3O. The Bertz CT molecular complexity index is 631. The number of rotatable bonds is 5. The summed E-state index contributed by atoms with van der Waals surface area (Å²) in [6.45, 7) is 5.57. The van der Waals surface area contributed by atoms with Gasteiger partial charge in [-0.05, 0) is 19.4 Å². The summed E-state index contributed by atoms with van der Waals surface area (Å²) in [6.07, 6.45) is 2.03. The highest BCUT2D eigenvalue weighted by Crippen LogP contribution is 2.26. The van der Waals surface area contributed by atoms with Gasteiger partial charge in [-0.3, -0.25) is 4.79 Å². The third kappa shape index (κ3) is 2.43. The second kappa shape index (κ2) is 5.78. The van der Waals surface area contributed by atoms with Crippen molar-refractivity contribution in [3.63, 3.8) is 0 Å². The average molecular weight is 259 g/mol. The molecule has 19 heavy (non-hydrogen) atoms. The van der Waals surface area contributed by atoms with E-state index in [1.807, 2.05) is 31.2 Å². The molecular weight excluding hydrogens is 238 g/mol. The van der Waals surface area contributed by atoms with Gasteiger partial charge in [-0.1, -0.05) is 31.5 Å². The molecule has 1 aromatic heterocycles. The van der Waals surface area contributed by atoms with Gasteiger partial charge in [0, 0.05) is 18.5 Å². The second-order valence-electron chi connectivity index (χ2n) is 4.65. The summed E-state index contributed by atoms with van der Waals surface area (Å²) < 4.78 is 1.79. The van der Waals surface area contributed by atoms with Gasteiger partial charge in [-0.15, -0.1) is 0 Å². The number of hydrogen-bond donors (Lipinski definition) is 2. The van der Waals surface area contributed by atoms with Crippen molar-refractivity contribution in [1.82, 2.24) is 4.57 Å². The number of pyridine rings is 1. The third-order valence-corrected chi connectivity index (χ3v) is 3.30. The summed E-state index contributed by atoms with van der Waals surface area (Å²) in [4.78, 5) is 12.4. The van der Waals surface area contributed by atoms with E-state index in [1.54, 1.807) is 4.57 Å². The van der Waals surface area contributed by atoms with Crippen molar-refractivity contribution in [3.05, 3.63) is 34.6 Å². The van der Waals surface area contributed by atoms with Crippen LogP contribution in [0.25, 0.3) is 10.9 Å². The average Bonchev–Trinajstić information content (AvgIpc) is 2.44. The quantitative estimate of drug-likeness (QED) is 0.868. The van der Waals surface area contributed by atoms with E-state index < -0.39 is 0 Å². The molecule has 3 N–H and O–H groups in total. The van der Waals surface area contributed by atoms with E-state index in [1.165, 1.54) is 0 Å². The molecule has 0 saturated carbocycles. The molecule has 0 amide bonds. The van der Waals surface area contributed by atoms with E-state index in [4.69, 9.17) is 5.73 Å². The van der Waals surface area contributed by atoms with Gasteiger partial charge in [0.25, 0.3) is 5.56 Å². The topological polar surface area (TPSA) is 60.0 Å². The smallest absolute Gasteiger partial charge is 0.276 e. The van der Waals surface area contributed by atoms with Gasteiger partial charge in [0.15, 0.2) is 0 Å².